The molecule has 92 valence electrons. The van der Waals surface area contributed by atoms with E-state index in [-0.39, 0.29) is 5.96 Å². The third kappa shape index (κ3) is 1.73. The number of fused-ring (bicyclic) bond motifs is 1. The first-order valence-corrected chi connectivity index (χ1v) is 6.69. The molecule has 0 aromatic carbocycles. The van der Waals surface area contributed by atoms with Gasteiger partial charge in [-0.2, -0.15) is 10.1 Å². The van der Waals surface area contributed by atoms with Gasteiger partial charge in [0, 0.05) is 5.38 Å². The van der Waals surface area contributed by atoms with E-state index in [4.69, 9.17) is 11.5 Å². The molecule has 0 bridgehead atoms. The van der Waals surface area contributed by atoms with Crippen LogP contribution in [0.3, 0.4) is 0 Å². The number of hydrogen-bond acceptors (Lipinski definition) is 6. The van der Waals surface area contributed by atoms with E-state index in [1.165, 1.54) is 29.0 Å². The van der Waals surface area contributed by atoms with Crippen LogP contribution in [0.25, 0.3) is 15.5 Å². The Morgan fingerprint density at radius 3 is 3.00 bits per heavy atom. The van der Waals surface area contributed by atoms with E-state index in [9.17, 15) is 0 Å². The minimum atomic E-state index is 0.00951. The van der Waals surface area contributed by atoms with Crippen molar-refractivity contribution in [1.29, 1.82) is 0 Å². The lowest BCUT2D eigenvalue weighted by Crippen LogP contribution is -2.21. The third-order valence-corrected chi connectivity index (χ3v) is 4.21. The number of nitrogens with two attached hydrogens (primary N) is 2. The van der Waals surface area contributed by atoms with Crippen molar-refractivity contribution in [3.8, 4) is 10.6 Å². The zero-order chi connectivity index (χ0) is 12.7. The van der Waals surface area contributed by atoms with Gasteiger partial charge in [-0.15, -0.1) is 11.3 Å². The summed E-state index contributed by atoms with van der Waals surface area (Å²) < 4.78 is 1.79. The largest absolute Gasteiger partial charge is 0.370 e. The summed E-state index contributed by atoms with van der Waals surface area (Å²) in [4.78, 5) is 14.3. The van der Waals surface area contributed by atoms with Crippen LogP contribution >= 0.6 is 22.7 Å². The maximum atomic E-state index is 5.32. The molecule has 0 aliphatic heterocycles. The van der Waals surface area contributed by atoms with Crippen LogP contribution in [-0.2, 0) is 0 Å². The van der Waals surface area contributed by atoms with Crippen LogP contribution in [0, 0.1) is 6.92 Å². The van der Waals surface area contributed by atoms with Crippen LogP contribution < -0.4 is 11.5 Å². The van der Waals surface area contributed by atoms with Crippen molar-refractivity contribution in [2.75, 3.05) is 0 Å². The smallest absolute Gasteiger partial charge is 0.212 e. The monoisotopic (exact) mass is 279 g/mol. The van der Waals surface area contributed by atoms with Crippen LogP contribution in [0.5, 0.6) is 0 Å². The van der Waals surface area contributed by atoms with E-state index in [1.54, 1.807) is 4.52 Å². The number of rotatable bonds is 2. The molecule has 7 nitrogen and oxygen atoms in total. The van der Waals surface area contributed by atoms with Gasteiger partial charge < -0.3 is 11.5 Å². The van der Waals surface area contributed by atoms with Crippen LogP contribution in [0.2, 0.25) is 0 Å². The molecule has 0 aliphatic carbocycles. The van der Waals surface area contributed by atoms with E-state index in [2.05, 4.69) is 20.1 Å². The van der Waals surface area contributed by atoms with Gasteiger partial charge in [0.05, 0.1) is 16.3 Å². The van der Waals surface area contributed by atoms with Crippen molar-refractivity contribution in [3.05, 3.63) is 17.4 Å². The topological polar surface area (TPSA) is 107 Å². The van der Waals surface area contributed by atoms with Crippen molar-refractivity contribution < 1.29 is 0 Å². The normalized spacial score (nSPS) is 10.9. The fourth-order valence-corrected chi connectivity index (χ4v) is 3.33. The summed E-state index contributed by atoms with van der Waals surface area (Å²) in [5, 5.41) is 6.61. The van der Waals surface area contributed by atoms with Crippen molar-refractivity contribution in [3.63, 3.8) is 0 Å². The van der Waals surface area contributed by atoms with Gasteiger partial charge in [0.25, 0.3) is 0 Å². The lowest BCUT2D eigenvalue weighted by Gasteiger charge is -1.92. The molecule has 0 amide bonds. The van der Waals surface area contributed by atoms with Gasteiger partial charge in [0.2, 0.25) is 10.1 Å². The van der Waals surface area contributed by atoms with Crippen molar-refractivity contribution in [1.82, 2.24) is 19.6 Å². The standard InChI is InChI=1S/C9H9N7S2/c1-4-6(18-9-12-3-13-16(4)9)5-2-17-8(14-5)15-7(10)11/h2-3H,1H3,(H4,10,11,14,15). The van der Waals surface area contributed by atoms with E-state index in [1.807, 2.05) is 12.3 Å². The van der Waals surface area contributed by atoms with Crippen LogP contribution in [0.4, 0.5) is 5.13 Å². The van der Waals surface area contributed by atoms with E-state index < -0.39 is 0 Å². The Hall–Kier alpha value is -2.00. The summed E-state index contributed by atoms with van der Waals surface area (Å²) in [5.74, 6) is 0.00951. The maximum Gasteiger partial charge on any atom is 0.212 e. The second-order valence-corrected chi connectivity index (χ2v) is 5.34. The van der Waals surface area contributed by atoms with Crippen molar-refractivity contribution in [2.45, 2.75) is 6.92 Å². The molecule has 9 heteroatoms. The minimum Gasteiger partial charge on any atom is -0.370 e. The molecule has 3 rings (SSSR count). The molecule has 0 atom stereocenters. The predicted octanol–water partition coefficient (Wildman–Crippen LogP) is 1.13. The second kappa shape index (κ2) is 4.03. The molecule has 0 spiro atoms. The fraction of sp³-hybridized carbons (Fsp3) is 0.111. The number of nitrogens with zero attached hydrogens (tertiary/aromatic N) is 5. The SMILES string of the molecule is Cc1c(-c2csc(N=C(N)N)n2)sc2ncnn12. The summed E-state index contributed by atoms with van der Waals surface area (Å²) >= 11 is 2.93. The highest BCUT2D eigenvalue weighted by atomic mass is 32.1. The molecule has 0 saturated carbocycles. The van der Waals surface area contributed by atoms with E-state index in [0.717, 1.165) is 21.2 Å². The van der Waals surface area contributed by atoms with Gasteiger partial charge in [-0.1, -0.05) is 11.3 Å². The van der Waals surface area contributed by atoms with Gasteiger partial charge >= 0.3 is 0 Å². The summed E-state index contributed by atoms with van der Waals surface area (Å²) in [6.45, 7) is 1.98. The van der Waals surface area contributed by atoms with Gasteiger partial charge in [0.1, 0.15) is 6.33 Å². The van der Waals surface area contributed by atoms with Crippen LogP contribution in [0.1, 0.15) is 5.69 Å². The molecule has 0 radical (unpaired) electrons. The Kier molecular flexibility index (Phi) is 2.49. The Morgan fingerprint density at radius 2 is 2.28 bits per heavy atom. The Balaban J connectivity index is 2.09. The molecule has 0 aliphatic rings. The molecule has 18 heavy (non-hydrogen) atoms. The van der Waals surface area contributed by atoms with E-state index in [0.29, 0.717) is 5.13 Å². The second-order valence-electron chi connectivity index (χ2n) is 3.52. The predicted molar refractivity (Wildman–Crippen MR) is 72.2 cm³/mol. The van der Waals surface area contributed by atoms with Gasteiger partial charge in [-0.25, -0.2) is 14.5 Å². The molecule has 0 fully saturated rings. The number of aromatic nitrogens is 4. The number of guanidine groups is 1. The average molecular weight is 279 g/mol. The Morgan fingerprint density at radius 1 is 1.44 bits per heavy atom. The summed E-state index contributed by atoms with van der Waals surface area (Å²) in [6, 6.07) is 0. The Bertz CT molecular complexity index is 731. The van der Waals surface area contributed by atoms with Gasteiger partial charge in [0.15, 0.2) is 5.96 Å². The number of hydrogen-bond donors (Lipinski definition) is 2. The molecule has 3 aromatic heterocycles. The minimum absolute atomic E-state index is 0.00951. The molecular formula is C9H9N7S2. The highest BCUT2D eigenvalue weighted by Gasteiger charge is 2.14. The number of thiazole rings is 2. The fourth-order valence-electron chi connectivity index (χ4n) is 1.56. The third-order valence-electron chi connectivity index (χ3n) is 2.31. The Labute approximate surface area is 110 Å². The van der Waals surface area contributed by atoms with Gasteiger partial charge in [-0.05, 0) is 6.92 Å². The number of aryl methyl sites for hydroxylation is 1. The molecular weight excluding hydrogens is 270 g/mol. The first kappa shape index (κ1) is 11.1. The summed E-state index contributed by atoms with van der Waals surface area (Å²) in [7, 11) is 0. The van der Waals surface area contributed by atoms with Crippen molar-refractivity contribution >= 4 is 38.7 Å². The molecule has 4 N–H and O–H groups in total. The van der Waals surface area contributed by atoms with Crippen LogP contribution in [-0.4, -0.2) is 25.5 Å². The zero-order valence-corrected chi connectivity index (χ0v) is 11.0. The molecule has 3 heterocycles. The maximum absolute atomic E-state index is 5.32. The molecule has 0 unspecified atom stereocenters. The highest BCUT2D eigenvalue weighted by molar-refractivity contribution is 7.21. The average Bonchev–Trinajstić information content (AvgIpc) is 2.96. The number of aliphatic imine (C=N–C) groups is 1. The van der Waals surface area contributed by atoms with Gasteiger partial charge in [-0.3, -0.25) is 0 Å². The van der Waals surface area contributed by atoms with Crippen LogP contribution in [0.15, 0.2) is 16.7 Å². The zero-order valence-electron chi connectivity index (χ0n) is 9.36. The highest BCUT2D eigenvalue weighted by Crippen LogP contribution is 2.34. The molecule has 3 aromatic rings. The molecule has 0 saturated heterocycles. The summed E-state index contributed by atoms with van der Waals surface area (Å²) in [5.41, 5.74) is 12.5. The first-order valence-electron chi connectivity index (χ1n) is 5.00. The van der Waals surface area contributed by atoms with Crippen molar-refractivity contribution in [2.24, 2.45) is 16.5 Å². The summed E-state index contributed by atoms with van der Waals surface area (Å²) in [6.07, 6.45) is 1.54. The quantitative estimate of drug-likeness (QED) is 0.540. The van der Waals surface area contributed by atoms with E-state index >= 15 is 0 Å². The lowest BCUT2D eigenvalue weighted by atomic mass is 10.3. The lowest BCUT2D eigenvalue weighted by molar-refractivity contribution is 0.933. The first-order chi connectivity index (χ1) is 8.65.